The van der Waals surface area contributed by atoms with Gasteiger partial charge in [0.05, 0.1) is 24.7 Å². The van der Waals surface area contributed by atoms with Gasteiger partial charge in [0.15, 0.2) is 0 Å². The van der Waals surface area contributed by atoms with E-state index in [4.69, 9.17) is 9.15 Å². The number of aromatic nitrogens is 1. The van der Waals surface area contributed by atoms with Crippen molar-refractivity contribution < 1.29 is 13.9 Å². The van der Waals surface area contributed by atoms with Crippen molar-refractivity contribution in [3.8, 4) is 11.5 Å². The Balaban J connectivity index is 1.50. The van der Waals surface area contributed by atoms with E-state index < -0.39 is 11.5 Å². The molecule has 128 valence electrons. The second-order valence-corrected chi connectivity index (χ2v) is 5.98. The zero-order valence-corrected chi connectivity index (χ0v) is 13.5. The third-order valence-corrected chi connectivity index (χ3v) is 4.23. The topological polar surface area (TPSA) is 84.3 Å². The van der Waals surface area contributed by atoms with Crippen LogP contribution in [0.2, 0.25) is 0 Å². The lowest BCUT2D eigenvalue weighted by atomic mass is 9.98. The van der Waals surface area contributed by atoms with Gasteiger partial charge < -0.3 is 19.5 Å². The molecule has 0 bridgehead atoms. The summed E-state index contributed by atoms with van der Waals surface area (Å²) in [6.45, 7) is 0.869. The Labute approximate surface area is 140 Å². The number of amides is 1. The lowest BCUT2D eigenvalue weighted by Gasteiger charge is -2.21. The number of ether oxygens (including phenoxy) is 1. The van der Waals surface area contributed by atoms with Gasteiger partial charge >= 0.3 is 0 Å². The van der Waals surface area contributed by atoms with E-state index in [2.05, 4.69) is 10.3 Å². The molecule has 3 rings (SSSR count). The summed E-state index contributed by atoms with van der Waals surface area (Å²) in [5.41, 5.74) is 0.194. The van der Waals surface area contributed by atoms with E-state index in [9.17, 15) is 9.59 Å². The van der Waals surface area contributed by atoms with Crippen LogP contribution < -0.4 is 10.9 Å². The summed E-state index contributed by atoms with van der Waals surface area (Å²) in [7, 11) is 0. The molecule has 6 nitrogen and oxygen atoms in total. The Morgan fingerprint density at radius 1 is 1.25 bits per heavy atom. The fourth-order valence-electron chi connectivity index (χ4n) is 2.95. The van der Waals surface area contributed by atoms with Gasteiger partial charge in [-0.2, -0.15) is 0 Å². The number of aromatic amines is 1. The molecule has 0 radical (unpaired) electrons. The van der Waals surface area contributed by atoms with Gasteiger partial charge in [-0.3, -0.25) is 9.59 Å². The van der Waals surface area contributed by atoms with Crippen LogP contribution >= 0.6 is 0 Å². The van der Waals surface area contributed by atoms with E-state index in [1.807, 2.05) is 0 Å². The molecule has 2 heterocycles. The van der Waals surface area contributed by atoms with Crippen LogP contribution in [0.15, 0.2) is 39.7 Å². The van der Waals surface area contributed by atoms with Gasteiger partial charge in [-0.25, -0.2) is 0 Å². The highest BCUT2D eigenvalue weighted by molar-refractivity contribution is 5.94. The lowest BCUT2D eigenvalue weighted by Crippen LogP contribution is -2.33. The van der Waals surface area contributed by atoms with Gasteiger partial charge in [0.2, 0.25) is 0 Å². The van der Waals surface area contributed by atoms with E-state index in [0.717, 1.165) is 12.8 Å². The molecule has 0 aliphatic heterocycles. The number of furan rings is 1. The predicted octanol–water partition coefficient (Wildman–Crippen LogP) is 2.71. The number of H-pyrrole nitrogens is 1. The van der Waals surface area contributed by atoms with E-state index in [1.54, 1.807) is 18.2 Å². The molecular formula is C18H22N2O4. The largest absolute Gasteiger partial charge is 0.463 e. The molecule has 0 spiro atoms. The zero-order valence-electron chi connectivity index (χ0n) is 13.5. The van der Waals surface area contributed by atoms with Crippen molar-refractivity contribution in [3.05, 3.63) is 46.4 Å². The monoisotopic (exact) mass is 330 g/mol. The molecule has 1 aliphatic rings. The molecular weight excluding hydrogens is 308 g/mol. The number of carbonyl (C=O) groups is 1. The summed E-state index contributed by atoms with van der Waals surface area (Å²) in [5, 5.41) is 2.73. The van der Waals surface area contributed by atoms with E-state index >= 15 is 0 Å². The molecule has 1 saturated carbocycles. The quantitative estimate of drug-likeness (QED) is 0.798. The average molecular weight is 330 g/mol. The first-order valence-corrected chi connectivity index (χ1v) is 8.41. The molecule has 1 aliphatic carbocycles. The molecule has 0 atom stereocenters. The highest BCUT2D eigenvalue weighted by Gasteiger charge is 2.14. The fourth-order valence-corrected chi connectivity index (χ4v) is 2.95. The molecule has 2 N–H and O–H groups in total. The van der Waals surface area contributed by atoms with Crippen LogP contribution in [0.5, 0.6) is 0 Å². The zero-order chi connectivity index (χ0) is 16.8. The molecule has 24 heavy (non-hydrogen) atoms. The average Bonchev–Trinajstić information content (AvgIpc) is 3.14. The van der Waals surface area contributed by atoms with Crippen LogP contribution in [0, 0.1) is 0 Å². The first-order valence-electron chi connectivity index (χ1n) is 8.41. The normalized spacial score (nSPS) is 15.3. The number of rotatable bonds is 6. The van der Waals surface area contributed by atoms with Crippen LogP contribution in [0.3, 0.4) is 0 Å². The Morgan fingerprint density at radius 2 is 2.08 bits per heavy atom. The van der Waals surface area contributed by atoms with Gasteiger partial charge in [0.1, 0.15) is 11.3 Å². The Hall–Kier alpha value is -2.34. The second kappa shape index (κ2) is 7.97. The highest BCUT2D eigenvalue weighted by Crippen LogP contribution is 2.20. The van der Waals surface area contributed by atoms with Crippen molar-refractivity contribution in [2.75, 3.05) is 13.2 Å². The smallest absolute Gasteiger partial charge is 0.261 e. The van der Waals surface area contributed by atoms with Gasteiger partial charge in [0.25, 0.3) is 11.5 Å². The molecule has 2 aromatic heterocycles. The first kappa shape index (κ1) is 16.5. The van der Waals surface area contributed by atoms with Crippen LogP contribution in [0.4, 0.5) is 0 Å². The molecule has 1 fully saturated rings. The van der Waals surface area contributed by atoms with E-state index in [-0.39, 0.29) is 5.56 Å². The summed E-state index contributed by atoms with van der Waals surface area (Å²) in [6, 6.07) is 6.65. The van der Waals surface area contributed by atoms with Crippen LogP contribution in [0.25, 0.3) is 11.5 Å². The minimum absolute atomic E-state index is 0.0861. The van der Waals surface area contributed by atoms with E-state index in [1.165, 1.54) is 31.6 Å². The van der Waals surface area contributed by atoms with Crippen molar-refractivity contribution in [1.29, 1.82) is 0 Å². The number of nitrogens with one attached hydrogen (secondary N) is 2. The minimum atomic E-state index is -0.436. The number of pyridine rings is 1. The highest BCUT2D eigenvalue weighted by atomic mass is 16.5. The van der Waals surface area contributed by atoms with Crippen molar-refractivity contribution in [3.63, 3.8) is 0 Å². The third kappa shape index (κ3) is 4.14. The molecule has 0 aromatic carbocycles. The Morgan fingerprint density at radius 3 is 2.79 bits per heavy atom. The third-order valence-electron chi connectivity index (χ3n) is 4.23. The van der Waals surface area contributed by atoms with Gasteiger partial charge in [-0.15, -0.1) is 0 Å². The molecule has 6 heteroatoms. The van der Waals surface area contributed by atoms with Gasteiger partial charge in [-0.1, -0.05) is 19.3 Å². The predicted molar refractivity (Wildman–Crippen MR) is 89.9 cm³/mol. The molecule has 0 saturated heterocycles. The molecule has 1 amide bonds. The maximum Gasteiger partial charge on any atom is 0.261 e. The van der Waals surface area contributed by atoms with Gasteiger partial charge in [0, 0.05) is 6.54 Å². The summed E-state index contributed by atoms with van der Waals surface area (Å²) >= 11 is 0. The molecule has 0 unspecified atom stereocenters. The number of carbonyl (C=O) groups excluding carboxylic acids is 1. The second-order valence-electron chi connectivity index (χ2n) is 5.98. The van der Waals surface area contributed by atoms with Crippen LogP contribution in [-0.2, 0) is 4.74 Å². The van der Waals surface area contributed by atoms with Gasteiger partial charge in [-0.05, 0) is 37.1 Å². The summed E-state index contributed by atoms with van der Waals surface area (Å²) < 4.78 is 11.0. The van der Waals surface area contributed by atoms with Crippen molar-refractivity contribution in [2.24, 2.45) is 0 Å². The Bertz CT molecular complexity index is 715. The maximum absolute atomic E-state index is 12.1. The fraction of sp³-hybridized carbons (Fsp3) is 0.444. The molecule has 2 aromatic rings. The van der Waals surface area contributed by atoms with Crippen molar-refractivity contribution in [2.45, 2.75) is 38.2 Å². The SMILES string of the molecule is O=C(NCCOC1CCCCC1)c1ccc(-c2ccco2)[nH]c1=O. The minimum Gasteiger partial charge on any atom is -0.463 e. The first-order chi connectivity index (χ1) is 11.7. The Kier molecular flexibility index (Phi) is 5.48. The number of hydrogen-bond donors (Lipinski definition) is 2. The standard InChI is InChI=1S/C18H22N2O4/c21-17(19-10-12-23-13-5-2-1-3-6-13)14-8-9-15(20-18(14)22)16-7-4-11-24-16/h4,7-9,11,13H,1-3,5-6,10,12H2,(H,19,21)(H,20,22). The summed E-state index contributed by atoms with van der Waals surface area (Å²) in [6.07, 6.45) is 7.76. The summed E-state index contributed by atoms with van der Waals surface area (Å²) in [5.74, 6) is 0.162. The summed E-state index contributed by atoms with van der Waals surface area (Å²) in [4.78, 5) is 26.8. The van der Waals surface area contributed by atoms with Crippen molar-refractivity contribution >= 4 is 5.91 Å². The van der Waals surface area contributed by atoms with E-state index in [0.29, 0.717) is 30.7 Å². The number of hydrogen-bond acceptors (Lipinski definition) is 4. The maximum atomic E-state index is 12.1. The van der Waals surface area contributed by atoms with Crippen molar-refractivity contribution in [1.82, 2.24) is 10.3 Å². The van der Waals surface area contributed by atoms with Crippen LogP contribution in [-0.4, -0.2) is 30.1 Å². The lowest BCUT2D eigenvalue weighted by molar-refractivity contribution is 0.0299. The van der Waals surface area contributed by atoms with Crippen LogP contribution in [0.1, 0.15) is 42.5 Å².